The van der Waals surface area contributed by atoms with E-state index in [1.807, 2.05) is 0 Å². The SMILES string of the molecule is CC(=O)CCn1ncc2ncc(-c3cccc(C(F)(F)F)c3F)cc21. The fraction of sp³-hybridized carbons (Fsp3) is 0.235. The quantitative estimate of drug-likeness (QED) is 0.661. The van der Waals surface area contributed by atoms with Gasteiger partial charge in [0.2, 0.25) is 0 Å². The number of hydrogen-bond donors (Lipinski definition) is 0. The Labute approximate surface area is 140 Å². The number of benzene rings is 1. The van der Waals surface area contributed by atoms with E-state index in [1.54, 1.807) is 0 Å². The Balaban J connectivity index is 2.08. The number of Topliss-reactive ketones (excluding diaryl/α,β-unsaturated/α-hetero) is 1. The second kappa shape index (κ2) is 6.27. The lowest BCUT2D eigenvalue weighted by molar-refractivity contribution is -0.139. The molecule has 2 aromatic heterocycles. The molecule has 0 saturated carbocycles. The second-order valence-electron chi connectivity index (χ2n) is 5.61. The summed E-state index contributed by atoms with van der Waals surface area (Å²) in [5.41, 5.74) is -0.269. The van der Waals surface area contributed by atoms with Crippen LogP contribution in [0.4, 0.5) is 17.6 Å². The summed E-state index contributed by atoms with van der Waals surface area (Å²) in [5.74, 6) is -1.36. The Bertz CT molecular complexity index is 947. The number of nitrogens with zero attached hydrogens (tertiary/aromatic N) is 3. The van der Waals surface area contributed by atoms with Gasteiger partial charge in [-0.2, -0.15) is 18.3 Å². The van der Waals surface area contributed by atoms with Crippen LogP contribution in [0, 0.1) is 5.82 Å². The first kappa shape index (κ1) is 17.1. The van der Waals surface area contributed by atoms with Crippen LogP contribution in [0.25, 0.3) is 22.2 Å². The normalized spacial score (nSPS) is 11.9. The van der Waals surface area contributed by atoms with E-state index in [-0.39, 0.29) is 23.3 Å². The Morgan fingerprint density at radius 1 is 1.24 bits per heavy atom. The third kappa shape index (κ3) is 3.38. The first-order valence-corrected chi connectivity index (χ1v) is 7.44. The van der Waals surface area contributed by atoms with Gasteiger partial charge in [0.05, 0.1) is 17.3 Å². The maximum Gasteiger partial charge on any atom is 0.419 e. The predicted octanol–water partition coefficient (Wildman–Crippen LogP) is 4.24. The number of rotatable bonds is 4. The van der Waals surface area contributed by atoms with E-state index in [0.29, 0.717) is 23.6 Å². The lowest BCUT2D eigenvalue weighted by Crippen LogP contribution is -2.08. The molecule has 4 nitrogen and oxygen atoms in total. The van der Waals surface area contributed by atoms with Crippen molar-refractivity contribution in [3.63, 3.8) is 0 Å². The monoisotopic (exact) mass is 351 g/mol. The van der Waals surface area contributed by atoms with E-state index in [2.05, 4.69) is 10.1 Å². The third-order valence-electron chi connectivity index (χ3n) is 3.79. The molecule has 0 fully saturated rings. The molecule has 0 aliphatic rings. The van der Waals surface area contributed by atoms with Crippen molar-refractivity contribution in [1.29, 1.82) is 0 Å². The van der Waals surface area contributed by atoms with Crippen molar-refractivity contribution in [3.8, 4) is 11.1 Å². The number of aromatic nitrogens is 3. The molecule has 0 amide bonds. The maximum absolute atomic E-state index is 14.3. The molecule has 3 aromatic rings. The average molecular weight is 351 g/mol. The molecule has 0 bridgehead atoms. The molecule has 0 N–H and O–H groups in total. The Morgan fingerprint density at radius 2 is 2.00 bits per heavy atom. The lowest BCUT2D eigenvalue weighted by Gasteiger charge is -2.11. The van der Waals surface area contributed by atoms with E-state index in [0.717, 1.165) is 6.07 Å². The lowest BCUT2D eigenvalue weighted by atomic mass is 10.0. The van der Waals surface area contributed by atoms with Gasteiger partial charge in [0.1, 0.15) is 17.1 Å². The molecule has 0 atom stereocenters. The highest BCUT2D eigenvalue weighted by Crippen LogP contribution is 2.35. The molecular formula is C17H13F4N3O. The molecule has 3 rings (SSSR count). The number of fused-ring (bicyclic) bond motifs is 1. The van der Waals surface area contributed by atoms with Crippen molar-refractivity contribution in [2.24, 2.45) is 0 Å². The van der Waals surface area contributed by atoms with Gasteiger partial charge in [0.15, 0.2) is 0 Å². The highest BCUT2D eigenvalue weighted by molar-refractivity contribution is 5.81. The van der Waals surface area contributed by atoms with Crippen molar-refractivity contribution < 1.29 is 22.4 Å². The Kier molecular flexibility index (Phi) is 4.28. The minimum absolute atomic E-state index is 0.0170. The third-order valence-corrected chi connectivity index (χ3v) is 3.79. The number of halogens is 4. The minimum Gasteiger partial charge on any atom is -0.300 e. The Hall–Kier alpha value is -2.77. The van der Waals surface area contributed by atoms with Gasteiger partial charge in [-0.1, -0.05) is 12.1 Å². The zero-order chi connectivity index (χ0) is 18.2. The summed E-state index contributed by atoms with van der Waals surface area (Å²) in [4.78, 5) is 15.2. The van der Waals surface area contributed by atoms with Crippen molar-refractivity contribution >= 4 is 16.8 Å². The van der Waals surface area contributed by atoms with Crippen LogP contribution in [0.1, 0.15) is 18.9 Å². The molecule has 0 spiro atoms. The topological polar surface area (TPSA) is 47.8 Å². The zero-order valence-electron chi connectivity index (χ0n) is 13.1. The van der Waals surface area contributed by atoms with Crippen LogP contribution in [-0.4, -0.2) is 20.5 Å². The highest BCUT2D eigenvalue weighted by atomic mass is 19.4. The van der Waals surface area contributed by atoms with Crippen LogP contribution >= 0.6 is 0 Å². The van der Waals surface area contributed by atoms with E-state index >= 15 is 0 Å². The number of hydrogen-bond acceptors (Lipinski definition) is 3. The number of carbonyl (C=O) groups excluding carboxylic acids is 1. The summed E-state index contributed by atoms with van der Waals surface area (Å²) < 4.78 is 54.5. The van der Waals surface area contributed by atoms with Crippen LogP contribution in [-0.2, 0) is 17.5 Å². The second-order valence-corrected chi connectivity index (χ2v) is 5.61. The van der Waals surface area contributed by atoms with E-state index in [1.165, 1.54) is 36.1 Å². The molecule has 0 unspecified atom stereocenters. The molecule has 0 radical (unpaired) electrons. The van der Waals surface area contributed by atoms with Crippen LogP contribution in [0.2, 0.25) is 0 Å². The van der Waals surface area contributed by atoms with Crippen molar-refractivity contribution in [2.45, 2.75) is 26.1 Å². The fourth-order valence-corrected chi connectivity index (χ4v) is 2.52. The fourth-order valence-electron chi connectivity index (χ4n) is 2.52. The number of pyridine rings is 1. The van der Waals surface area contributed by atoms with Crippen LogP contribution in [0.5, 0.6) is 0 Å². The van der Waals surface area contributed by atoms with Gasteiger partial charge in [-0.25, -0.2) is 4.39 Å². The summed E-state index contributed by atoms with van der Waals surface area (Å²) in [6.45, 7) is 1.77. The maximum atomic E-state index is 14.3. The molecule has 0 aliphatic heterocycles. The summed E-state index contributed by atoms with van der Waals surface area (Å²) in [6.07, 6.45) is -1.72. The summed E-state index contributed by atoms with van der Waals surface area (Å²) in [7, 11) is 0. The average Bonchev–Trinajstić information content (AvgIpc) is 2.94. The van der Waals surface area contributed by atoms with Gasteiger partial charge in [0, 0.05) is 30.3 Å². The zero-order valence-corrected chi connectivity index (χ0v) is 13.1. The van der Waals surface area contributed by atoms with E-state index < -0.39 is 17.6 Å². The summed E-state index contributed by atoms with van der Waals surface area (Å²) in [6, 6.07) is 4.64. The first-order valence-electron chi connectivity index (χ1n) is 7.44. The molecule has 8 heteroatoms. The number of carbonyl (C=O) groups is 1. The smallest absolute Gasteiger partial charge is 0.300 e. The van der Waals surface area contributed by atoms with E-state index in [9.17, 15) is 22.4 Å². The van der Waals surface area contributed by atoms with E-state index in [4.69, 9.17) is 0 Å². The first-order chi connectivity index (χ1) is 11.8. The molecule has 130 valence electrons. The summed E-state index contributed by atoms with van der Waals surface area (Å²) >= 11 is 0. The van der Waals surface area contributed by atoms with Gasteiger partial charge in [-0.3, -0.25) is 14.5 Å². The number of ketones is 1. The van der Waals surface area contributed by atoms with Gasteiger partial charge in [-0.05, 0) is 19.1 Å². The van der Waals surface area contributed by atoms with Gasteiger partial charge in [0.25, 0.3) is 0 Å². The minimum atomic E-state index is -4.78. The molecular weight excluding hydrogens is 338 g/mol. The van der Waals surface area contributed by atoms with Gasteiger partial charge in [-0.15, -0.1) is 0 Å². The molecule has 25 heavy (non-hydrogen) atoms. The molecule has 0 saturated heterocycles. The number of aryl methyl sites for hydroxylation is 1. The van der Waals surface area contributed by atoms with Gasteiger partial charge >= 0.3 is 6.18 Å². The number of alkyl halides is 3. The van der Waals surface area contributed by atoms with Crippen molar-refractivity contribution in [2.75, 3.05) is 0 Å². The standard InChI is InChI=1S/C17H13F4N3O/c1-10(25)5-6-24-15-7-11(8-22-14(15)9-23-24)12-3-2-4-13(16(12)18)17(19,20)21/h2-4,7-9H,5-6H2,1H3. The largest absolute Gasteiger partial charge is 0.419 e. The van der Waals surface area contributed by atoms with Crippen LogP contribution in [0.15, 0.2) is 36.7 Å². The molecule has 0 aliphatic carbocycles. The van der Waals surface area contributed by atoms with Crippen LogP contribution in [0.3, 0.4) is 0 Å². The predicted molar refractivity (Wildman–Crippen MR) is 83.2 cm³/mol. The molecule has 1 aromatic carbocycles. The summed E-state index contributed by atoms with van der Waals surface area (Å²) in [5, 5.41) is 4.11. The van der Waals surface area contributed by atoms with Crippen LogP contribution < -0.4 is 0 Å². The van der Waals surface area contributed by atoms with Crippen molar-refractivity contribution in [1.82, 2.24) is 14.8 Å². The highest BCUT2D eigenvalue weighted by Gasteiger charge is 2.35. The Morgan fingerprint density at radius 3 is 2.68 bits per heavy atom. The van der Waals surface area contributed by atoms with Crippen molar-refractivity contribution in [3.05, 3.63) is 48.0 Å². The van der Waals surface area contributed by atoms with Gasteiger partial charge < -0.3 is 0 Å². The molecule has 2 heterocycles.